The van der Waals surface area contributed by atoms with Crippen molar-refractivity contribution in [2.45, 2.75) is 45.1 Å². The standard InChI is InChI=1S/C26H30N6O/c1-18-17-32-24(27-25(18)30-12-5-6-13-30)16-21(28-32)23-9-3-4-14-31(23)26(33)20-8-7-10-22-19(20)11-15-29(22)2/h7-8,10-11,15-17,23H,3-6,9,12-14H2,1-2H3. The summed E-state index contributed by atoms with van der Waals surface area (Å²) in [5, 5.41) is 5.91. The van der Waals surface area contributed by atoms with Gasteiger partial charge in [-0.3, -0.25) is 4.79 Å². The minimum absolute atomic E-state index is 0.0255. The van der Waals surface area contributed by atoms with Gasteiger partial charge in [0.2, 0.25) is 0 Å². The highest BCUT2D eigenvalue weighted by molar-refractivity contribution is 6.06. The molecule has 2 aliphatic rings. The number of likely N-dealkylation sites (tertiary alicyclic amines) is 1. The van der Waals surface area contributed by atoms with Crippen molar-refractivity contribution in [1.82, 2.24) is 24.1 Å². The van der Waals surface area contributed by atoms with E-state index in [9.17, 15) is 4.79 Å². The van der Waals surface area contributed by atoms with Gasteiger partial charge in [-0.1, -0.05) is 6.07 Å². The molecule has 2 saturated heterocycles. The number of aryl methyl sites for hydroxylation is 2. The van der Waals surface area contributed by atoms with Gasteiger partial charge in [-0.15, -0.1) is 0 Å². The fraction of sp³-hybridized carbons (Fsp3) is 0.423. The Hall–Kier alpha value is -3.35. The van der Waals surface area contributed by atoms with Gasteiger partial charge in [-0.2, -0.15) is 5.10 Å². The summed E-state index contributed by atoms with van der Waals surface area (Å²) in [6.45, 7) is 5.01. The molecular formula is C26H30N6O. The lowest BCUT2D eigenvalue weighted by atomic mass is 9.97. The van der Waals surface area contributed by atoms with E-state index in [0.717, 1.165) is 78.1 Å². The molecule has 7 heteroatoms. The van der Waals surface area contributed by atoms with Crippen LogP contribution in [0.3, 0.4) is 0 Å². The Bertz CT molecular complexity index is 1350. The Morgan fingerprint density at radius 3 is 2.73 bits per heavy atom. The van der Waals surface area contributed by atoms with Gasteiger partial charge in [0, 0.05) is 67.2 Å². The summed E-state index contributed by atoms with van der Waals surface area (Å²) in [5.74, 6) is 1.16. The van der Waals surface area contributed by atoms with Crippen molar-refractivity contribution in [3.63, 3.8) is 0 Å². The third-order valence-corrected chi connectivity index (χ3v) is 7.29. The van der Waals surface area contributed by atoms with Crippen molar-refractivity contribution in [1.29, 1.82) is 0 Å². The van der Waals surface area contributed by atoms with Crippen LogP contribution in [0.5, 0.6) is 0 Å². The van der Waals surface area contributed by atoms with Crippen molar-refractivity contribution in [2.75, 3.05) is 24.5 Å². The van der Waals surface area contributed by atoms with E-state index >= 15 is 0 Å². The number of carbonyl (C=O) groups is 1. The van der Waals surface area contributed by atoms with Crippen LogP contribution in [0.1, 0.15) is 59.8 Å². The quantitative estimate of drug-likeness (QED) is 0.469. The van der Waals surface area contributed by atoms with Crippen molar-refractivity contribution in [3.05, 3.63) is 59.5 Å². The Morgan fingerprint density at radius 2 is 1.88 bits per heavy atom. The Balaban J connectivity index is 1.37. The van der Waals surface area contributed by atoms with Gasteiger partial charge >= 0.3 is 0 Å². The molecule has 1 aromatic carbocycles. The van der Waals surface area contributed by atoms with E-state index in [1.165, 1.54) is 12.8 Å². The molecule has 0 aliphatic carbocycles. The maximum absolute atomic E-state index is 13.8. The van der Waals surface area contributed by atoms with Crippen LogP contribution in [0.2, 0.25) is 0 Å². The van der Waals surface area contributed by atoms with Crippen LogP contribution in [-0.4, -0.2) is 49.6 Å². The zero-order chi connectivity index (χ0) is 22.5. The molecule has 6 rings (SSSR count). The van der Waals surface area contributed by atoms with Gasteiger partial charge in [-0.05, 0) is 57.2 Å². The first-order chi connectivity index (χ1) is 16.1. The first kappa shape index (κ1) is 20.3. The number of hydrogen-bond donors (Lipinski definition) is 0. The fourth-order valence-corrected chi connectivity index (χ4v) is 5.56. The third-order valence-electron chi connectivity index (χ3n) is 7.29. The number of carbonyl (C=O) groups excluding carboxylic acids is 1. The second-order valence-electron chi connectivity index (χ2n) is 9.49. The fourth-order valence-electron chi connectivity index (χ4n) is 5.56. The van der Waals surface area contributed by atoms with E-state index in [-0.39, 0.29) is 11.9 Å². The number of piperidine rings is 1. The van der Waals surface area contributed by atoms with Crippen LogP contribution in [-0.2, 0) is 7.05 Å². The van der Waals surface area contributed by atoms with Crippen LogP contribution < -0.4 is 4.90 Å². The van der Waals surface area contributed by atoms with E-state index in [2.05, 4.69) is 34.7 Å². The molecule has 4 aromatic rings. The normalized spacial score (nSPS) is 19.2. The monoisotopic (exact) mass is 442 g/mol. The molecule has 1 atom stereocenters. The summed E-state index contributed by atoms with van der Waals surface area (Å²) in [6, 6.07) is 10.1. The highest BCUT2D eigenvalue weighted by Crippen LogP contribution is 2.34. The molecule has 0 saturated carbocycles. The molecule has 1 unspecified atom stereocenters. The Morgan fingerprint density at radius 1 is 1.06 bits per heavy atom. The van der Waals surface area contributed by atoms with E-state index in [1.807, 2.05) is 40.9 Å². The van der Waals surface area contributed by atoms with Crippen molar-refractivity contribution in [3.8, 4) is 0 Å². The molecule has 1 amide bonds. The lowest BCUT2D eigenvalue weighted by Gasteiger charge is -2.35. The second-order valence-corrected chi connectivity index (χ2v) is 9.49. The van der Waals surface area contributed by atoms with Gasteiger partial charge in [0.25, 0.3) is 5.91 Å². The summed E-state index contributed by atoms with van der Waals surface area (Å²) in [5.41, 5.74) is 4.80. The zero-order valence-electron chi connectivity index (χ0n) is 19.4. The van der Waals surface area contributed by atoms with E-state index in [4.69, 9.17) is 10.1 Å². The van der Waals surface area contributed by atoms with Gasteiger partial charge < -0.3 is 14.4 Å². The van der Waals surface area contributed by atoms with Crippen LogP contribution in [0.15, 0.2) is 42.7 Å². The third kappa shape index (κ3) is 3.37. The minimum atomic E-state index is -0.0255. The number of nitrogens with zero attached hydrogens (tertiary/aromatic N) is 6. The van der Waals surface area contributed by atoms with Gasteiger partial charge in [0.15, 0.2) is 5.65 Å². The number of anilines is 1. The van der Waals surface area contributed by atoms with Gasteiger partial charge in [0.05, 0.1) is 11.7 Å². The molecule has 3 aromatic heterocycles. The van der Waals surface area contributed by atoms with Gasteiger partial charge in [0.1, 0.15) is 5.82 Å². The number of rotatable bonds is 3. The molecule has 0 spiro atoms. The van der Waals surface area contributed by atoms with Gasteiger partial charge in [-0.25, -0.2) is 9.50 Å². The molecule has 0 bridgehead atoms. The van der Waals surface area contributed by atoms with Crippen molar-refractivity contribution < 1.29 is 4.79 Å². The second kappa shape index (κ2) is 7.90. The Kier molecular flexibility index (Phi) is 4.85. The first-order valence-corrected chi connectivity index (χ1v) is 12.1. The number of hydrogen-bond acceptors (Lipinski definition) is 4. The van der Waals surface area contributed by atoms with E-state index < -0.39 is 0 Å². The topological polar surface area (TPSA) is 58.7 Å². The van der Waals surface area contributed by atoms with E-state index in [0.29, 0.717) is 0 Å². The summed E-state index contributed by atoms with van der Waals surface area (Å²) in [4.78, 5) is 23.1. The lowest BCUT2D eigenvalue weighted by Crippen LogP contribution is -2.38. The van der Waals surface area contributed by atoms with Crippen LogP contribution in [0, 0.1) is 6.92 Å². The molecule has 5 heterocycles. The van der Waals surface area contributed by atoms with Crippen LogP contribution in [0.25, 0.3) is 16.6 Å². The minimum Gasteiger partial charge on any atom is -0.356 e. The summed E-state index contributed by atoms with van der Waals surface area (Å²) in [6.07, 6.45) is 9.61. The molecule has 2 fully saturated rings. The SMILES string of the molecule is Cc1cn2nc(C3CCCCN3C(=O)c3cccc4c3ccn4C)cc2nc1N1CCCC1. The maximum Gasteiger partial charge on any atom is 0.255 e. The number of aromatic nitrogens is 4. The molecule has 0 N–H and O–H groups in total. The average molecular weight is 443 g/mol. The molecule has 7 nitrogen and oxygen atoms in total. The zero-order valence-corrected chi connectivity index (χ0v) is 19.4. The maximum atomic E-state index is 13.8. The predicted molar refractivity (Wildman–Crippen MR) is 130 cm³/mol. The highest BCUT2D eigenvalue weighted by atomic mass is 16.2. The molecule has 170 valence electrons. The smallest absolute Gasteiger partial charge is 0.255 e. The average Bonchev–Trinajstić information content (AvgIpc) is 3.58. The van der Waals surface area contributed by atoms with Crippen LogP contribution >= 0.6 is 0 Å². The largest absolute Gasteiger partial charge is 0.356 e. The number of benzene rings is 1. The molecule has 33 heavy (non-hydrogen) atoms. The summed E-state index contributed by atoms with van der Waals surface area (Å²) >= 11 is 0. The first-order valence-electron chi connectivity index (χ1n) is 12.1. The van der Waals surface area contributed by atoms with Crippen LogP contribution in [0.4, 0.5) is 5.82 Å². The predicted octanol–water partition coefficient (Wildman–Crippen LogP) is 4.50. The molecule has 2 aliphatic heterocycles. The molecule has 0 radical (unpaired) electrons. The van der Waals surface area contributed by atoms with Crippen molar-refractivity contribution >= 4 is 28.3 Å². The summed E-state index contributed by atoms with van der Waals surface area (Å²) in [7, 11) is 2.02. The molecular weight excluding hydrogens is 412 g/mol. The lowest BCUT2D eigenvalue weighted by molar-refractivity contribution is 0.0608. The summed E-state index contributed by atoms with van der Waals surface area (Å²) < 4.78 is 3.95. The number of fused-ring (bicyclic) bond motifs is 2. The van der Waals surface area contributed by atoms with E-state index in [1.54, 1.807) is 0 Å². The Labute approximate surface area is 193 Å². The highest BCUT2D eigenvalue weighted by Gasteiger charge is 2.31. The van der Waals surface area contributed by atoms with Crippen molar-refractivity contribution in [2.24, 2.45) is 7.05 Å². The number of amides is 1.